The minimum absolute atomic E-state index is 0.0238. The summed E-state index contributed by atoms with van der Waals surface area (Å²) in [4.78, 5) is 2.31. The van der Waals surface area contributed by atoms with Crippen LogP contribution in [0.25, 0.3) is 0 Å². The Morgan fingerprint density at radius 1 is 1.32 bits per heavy atom. The summed E-state index contributed by atoms with van der Waals surface area (Å²) in [6.07, 6.45) is 2.77. The molecule has 2 fully saturated rings. The molecule has 1 N–H and O–H groups in total. The summed E-state index contributed by atoms with van der Waals surface area (Å²) >= 11 is 1.69. The van der Waals surface area contributed by atoms with Crippen LogP contribution in [0.4, 0.5) is 5.13 Å². The highest BCUT2D eigenvalue weighted by Crippen LogP contribution is 2.51. The lowest BCUT2D eigenvalue weighted by Crippen LogP contribution is -2.62. The van der Waals surface area contributed by atoms with Crippen LogP contribution in [0.5, 0.6) is 0 Å². The van der Waals surface area contributed by atoms with E-state index in [1.165, 1.54) is 0 Å². The summed E-state index contributed by atoms with van der Waals surface area (Å²) < 4.78 is 5.83. The van der Waals surface area contributed by atoms with Gasteiger partial charge in [0.25, 0.3) is 0 Å². The third-order valence-corrected chi connectivity index (χ3v) is 6.54. The number of nitrogens with zero attached hydrogens (tertiary/aromatic N) is 3. The molecule has 5 nitrogen and oxygen atoms in total. The van der Waals surface area contributed by atoms with Crippen LogP contribution in [0, 0.1) is 5.41 Å². The van der Waals surface area contributed by atoms with E-state index < -0.39 is 0 Å². The van der Waals surface area contributed by atoms with Crippen LogP contribution < -0.4 is 4.90 Å². The lowest BCUT2D eigenvalue weighted by Gasteiger charge is -2.56. The van der Waals surface area contributed by atoms with Gasteiger partial charge < -0.3 is 14.7 Å². The van der Waals surface area contributed by atoms with E-state index in [2.05, 4.69) is 35.9 Å². The molecule has 0 radical (unpaired) electrons. The first-order valence-electron chi connectivity index (χ1n) is 8.25. The molecule has 22 heavy (non-hydrogen) atoms. The van der Waals surface area contributed by atoms with Gasteiger partial charge >= 0.3 is 0 Å². The molecule has 124 valence electrons. The molecule has 2 atom stereocenters. The molecular formula is C16H27N3O2S. The fourth-order valence-electron chi connectivity index (χ4n) is 3.58. The normalized spacial score (nSPS) is 28.0. The summed E-state index contributed by atoms with van der Waals surface area (Å²) in [5.74, 6) is 0. The molecule has 1 aromatic rings. The van der Waals surface area contributed by atoms with E-state index in [4.69, 9.17) is 4.74 Å². The second-order valence-electron chi connectivity index (χ2n) is 7.56. The summed E-state index contributed by atoms with van der Waals surface area (Å²) in [5.41, 5.74) is 0.0290. The number of hydrogen-bond donors (Lipinski definition) is 1. The van der Waals surface area contributed by atoms with Crippen LogP contribution in [0.1, 0.15) is 52.0 Å². The van der Waals surface area contributed by atoms with Crippen LogP contribution in [0.2, 0.25) is 0 Å². The molecule has 1 aromatic heterocycles. The Bertz CT molecular complexity index is 516. The molecule has 3 rings (SSSR count). The van der Waals surface area contributed by atoms with Gasteiger partial charge in [0.15, 0.2) is 0 Å². The average Bonchev–Trinajstić information content (AvgIpc) is 2.97. The molecule has 0 unspecified atom stereocenters. The Morgan fingerprint density at radius 2 is 2.00 bits per heavy atom. The van der Waals surface area contributed by atoms with Crippen molar-refractivity contribution in [2.75, 3.05) is 24.6 Å². The number of aliphatic hydroxyl groups is 1. The second kappa shape index (κ2) is 5.73. The fourth-order valence-corrected chi connectivity index (χ4v) is 4.53. The van der Waals surface area contributed by atoms with Gasteiger partial charge in [-0.15, -0.1) is 10.2 Å². The molecule has 2 aliphatic rings. The Labute approximate surface area is 136 Å². The van der Waals surface area contributed by atoms with E-state index in [9.17, 15) is 5.11 Å². The van der Waals surface area contributed by atoms with Crippen LogP contribution >= 0.6 is 11.3 Å². The van der Waals surface area contributed by atoms with Crippen molar-refractivity contribution in [2.45, 2.75) is 64.6 Å². The minimum Gasteiger partial charge on any atom is -0.392 e. The summed E-state index contributed by atoms with van der Waals surface area (Å²) in [6, 6.07) is 0. The van der Waals surface area contributed by atoms with E-state index in [-0.39, 0.29) is 23.0 Å². The van der Waals surface area contributed by atoms with Crippen molar-refractivity contribution in [2.24, 2.45) is 5.41 Å². The van der Waals surface area contributed by atoms with Crippen molar-refractivity contribution >= 4 is 16.5 Å². The van der Waals surface area contributed by atoms with Crippen molar-refractivity contribution in [3.63, 3.8) is 0 Å². The second-order valence-corrected chi connectivity index (χ2v) is 8.51. The van der Waals surface area contributed by atoms with Gasteiger partial charge in [-0.1, -0.05) is 32.1 Å². The molecule has 1 aliphatic carbocycles. The van der Waals surface area contributed by atoms with Crippen molar-refractivity contribution in [3.05, 3.63) is 5.01 Å². The van der Waals surface area contributed by atoms with Gasteiger partial charge in [0.2, 0.25) is 5.13 Å². The maximum atomic E-state index is 10.3. The number of hydrogen-bond acceptors (Lipinski definition) is 6. The molecular weight excluding hydrogens is 298 g/mol. The molecule has 2 heterocycles. The number of aliphatic hydroxyl groups excluding tert-OH is 1. The first-order chi connectivity index (χ1) is 10.4. The summed E-state index contributed by atoms with van der Waals surface area (Å²) in [5, 5.41) is 21.1. The molecule has 1 saturated heterocycles. The van der Waals surface area contributed by atoms with Gasteiger partial charge in [0, 0.05) is 36.9 Å². The third-order valence-electron chi connectivity index (χ3n) is 5.13. The fraction of sp³-hybridized carbons (Fsp3) is 0.875. The van der Waals surface area contributed by atoms with E-state index in [1.807, 2.05) is 6.92 Å². The average molecular weight is 325 g/mol. The van der Waals surface area contributed by atoms with Gasteiger partial charge in [-0.25, -0.2) is 0 Å². The predicted octanol–water partition coefficient (Wildman–Crippen LogP) is 2.59. The number of anilines is 1. The largest absolute Gasteiger partial charge is 0.392 e. The van der Waals surface area contributed by atoms with Gasteiger partial charge in [-0.3, -0.25) is 0 Å². The Morgan fingerprint density at radius 3 is 2.50 bits per heavy atom. The van der Waals surface area contributed by atoms with Crippen LogP contribution in [0.3, 0.4) is 0 Å². The molecule has 0 aromatic carbocycles. The quantitative estimate of drug-likeness (QED) is 0.925. The number of ether oxygens (including phenoxy) is 1. The van der Waals surface area contributed by atoms with E-state index in [0.717, 1.165) is 49.1 Å². The summed E-state index contributed by atoms with van der Waals surface area (Å²) in [6.45, 7) is 11.1. The van der Waals surface area contributed by atoms with Crippen molar-refractivity contribution in [1.29, 1.82) is 0 Å². The number of aromatic nitrogens is 2. The van der Waals surface area contributed by atoms with Crippen LogP contribution in [0.15, 0.2) is 0 Å². The molecule has 1 aliphatic heterocycles. The smallest absolute Gasteiger partial charge is 0.208 e. The monoisotopic (exact) mass is 325 g/mol. The molecule has 1 spiro atoms. The zero-order chi connectivity index (χ0) is 16.0. The number of piperidine rings is 1. The lowest BCUT2D eigenvalue weighted by molar-refractivity contribution is -0.199. The molecule has 6 heteroatoms. The highest BCUT2D eigenvalue weighted by Gasteiger charge is 2.56. The van der Waals surface area contributed by atoms with Gasteiger partial charge in [-0.2, -0.15) is 0 Å². The Kier molecular flexibility index (Phi) is 4.20. The minimum atomic E-state index is -0.203. The highest BCUT2D eigenvalue weighted by atomic mass is 32.1. The maximum absolute atomic E-state index is 10.3. The first-order valence-corrected chi connectivity index (χ1v) is 9.07. The highest BCUT2D eigenvalue weighted by molar-refractivity contribution is 7.15. The maximum Gasteiger partial charge on any atom is 0.208 e. The molecule has 0 bridgehead atoms. The van der Waals surface area contributed by atoms with Gasteiger partial charge in [-0.05, 0) is 19.8 Å². The Balaban J connectivity index is 1.65. The van der Waals surface area contributed by atoms with Crippen molar-refractivity contribution < 1.29 is 9.84 Å². The molecule has 0 amide bonds. The number of rotatable bonds is 3. The third kappa shape index (κ3) is 2.65. The van der Waals surface area contributed by atoms with Gasteiger partial charge in [0.05, 0.1) is 12.2 Å². The topological polar surface area (TPSA) is 58.5 Å². The lowest BCUT2D eigenvalue weighted by atomic mass is 9.58. The van der Waals surface area contributed by atoms with E-state index >= 15 is 0 Å². The van der Waals surface area contributed by atoms with Crippen molar-refractivity contribution in [3.8, 4) is 0 Å². The van der Waals surface area contributed by atoms with E-state index in [0.29, 0.717) is 0 Å². The van der Waals surface area contributed by atoms with Gasteiger partial charge in [0.1, 0.15) is 5.01 Å². The SMILES string of the molecule is CCO[C@@H]1C[C@@H](O)C12CCN(c1nnc(C(C)(C)C)s1)CC2. The van der Waals surface area contributed by atoms with E-state index in [1.54, 1.807) is 11.3 Å². The molecule has 1 saturated carbocycles. The van der Waals surface area contributed by atoms with Crippen molar-refractivity contribution in [1.82, 2.24) is 10.2 Å². The van der Waals surface area contributed by atoms with Crippen LogP contribution in [-0.2, 0) is 10.2 Å². The van der Waals surface area contributed by atoms with Crippen LogP contribution in [-0.4, -0.2) is 47.2 Å². The predicted molar refractivity (Wildman–Crippen MR) is 88.5 cm³/mol. The standard InChI is InChI=1S/C16H27N3O2S/c1-5-21-12-10-11(20)16(12)6-8-19(9-7-16)14-18-17-13(22-14)15(2,3)4/h11-12,20H,5-10H2,1-4H3/t11-,12-/m1/s1. The first kappa shape index (κ1) is 16.1. The Hall–Kier alpha value is -0.720. The zero-order valence-electron chi connectivity index (χ0n) is 14.0. The zero-order valence-corrected chi connectivity index (χ0v) is 14.8. The summed E-state index contributed by atoms with van der Waals surface area (Å²) in [7, 11) is 0.